The smallest absolute Gasteiger partial charge is 0.273 e. The minimum absolute atomic E-state index is 0.193. The fraction of sp³-hybridized carbons (Fsp3) is 0.545. The summed E-state index contributed by atoms with van der Waals surface area (Å²) in [7, 11) is 0. The Kier molecular flexibility index (Phi) is 3.93. The van der Waals surface area contributed by atoms with Crippen LogP contribution < -0.4 is 5.32 Å². The third kappa shape index (κ3) is 3.05. The Morgan fingerprint density at radius 3 is 3.06 bits per heavy atom. The van der Waals surface area contributed by atoms with Gasteiger partial charge in [-0.2, -0.15) is 0 Å². The molecule has 2 rings (SSSR count). The number of rotatable bonds is 2. The third-order valence-corrected chi connectivity index (χ3v) is 3.45. The number of nitrogens with zero attached hydrogens (tertiary/aromatic N) is 2. The molecule has 0 aliphatic carbocycles. The highest BCUT2D eigenvalue weighted by Gasteiger charge is 2.24. The van der Waals surface area contributed by atoms with Crippen LogP contribution in [0.2, 0.25) is 0 Å². The zero-order chi connectivity index (χ0) is 13.1. The number of piperidine rings is 1. The Morgan fingerprint density at radius 1 is 1.61 bits per heavy atom. The van der Waals surface area contributed by atoms with Crippen LogP contribution in [-0.2, 0) is 4.79 Å². The molecule has 1 aromatic rings. The van der Waals surface area contributed by atoms with Gasteiger partial charge in [-0.3, -0.25) is 9.59 Å². The van der Waals surface area contributed by atoms with E-state index in [0.29, 0.717) is 23.9 Å². The molecule has 0 radical (unpaired) electrons. The second kappa shape index (κ2) is 5.45. The Bertz CT molecular complexity index is 460. The molecule has 1 atom stereocenters. The summed E-state index contributed by atoms with van der Waals surface area (Å²) in [6.45, 7) is 2.39. The lowest BCUT2D eigenvalue weighted by Crippen LogP contribution is -2.42. The van der Waals surface area contributed by atoms with E-state index < -0.39 is 6.10 Å². The number of carbonyl (C=O) groups is 2. The second-order valence-electron chi connectivity index (χ2n) is 4.27. The highest BCUT2D eigenvalue weighted by atomic mass is 32.1. The first kappa shape index (κ1) is 13.0. The van der Waals surface area contributed by atoms with Crippen LogP contribution in [0.4, 0.5) is 5.13 Å². The number of anilines is 1. The maximum atomic E-state index is 12.1. The van der Waals surface area contributed by atoms with Crippen molar-refractivity contribution in [3.05, 3.63) is 11.1 Å². The first-order valence-electron chi connectivity index (χ1n) is 5.76. The van der Waals surface area contributed by atoms with Gasteiger partial charge < -0.3 is 15.3 Å². The molecule has 18 heavy (non-hydrogen) atoms. The normalized spacial score (nSPS) is 19.7. The van der Waals surface area contributed by atoms with Gasteiger partial charge in [0.2, 0.25) is 5.91 Å². The number of aliphatic hydroxyl groups excluding tert-OH is 1. The fourth-order valence-corrected chi connectivity index (χ4v) is 2.61. The van der Waals surface area contributed by atoms with E-state index in [1.165, 1.54) is 18.3 Å². The van der Waals surface area contributed by atoms with Crippen LogP contribution in [0.3, 0.4) is 0 Å². The van der Waals surface area contributed by atoms with Gasteiger partial charge in [-0.05, 0) is 12.8 Å². The average Bonchev–Trinajstić information content (AvgIpc) is 2.75. The summed E-state index contributed by atoms with van der Waals surface area (Å²) >= 11 is 1.22. The zero-order valence-corrected chi connectivity index (χ0v) is 10.9. The van der Waals surface area contributed by atoms with Crippen molar-refractivity contribution in [3.8, 4) is 0 Å². The van der Waals surface area contributed by atoms with Crippen LogP contribution in [0, 0.1) is 0 Å². The summed E-state index contributed by atoms with van der Waals surface area (Å²) in [5.74, 6) is -0.404. The molecule has 0 spiro atoms. The van der Waals surface area contributed by atoms with Crippen LogP contribution in [0.25, 0.3) is 0 Å². The molecule has 0 bridgehead atoms. The molecule has 1 aliphatic rings. The van der Waals surface area contributed by atoms with Crippen molar-refractivity contribution in [1.29, 1.82) is 0 Å². The highest BCUT2D eigenvalue weighted by molar-refractivity contribution is 7.14. The summed E-state index contributed by atoms with van der Waals surface area (Å²) in [6.07, 6.45) is 1.09. The lowest BCUT2D eigenvalue weighted by Gasteiger charge is -2.29. The molecule has 2 heterocycles. The molecule has 2 amide bonds. The van der Waals surface area contributed by atoms with Gasteiger partial charge in [0.1, 0.15) is 5.69 Å². The lowest BCUT2D eigenvalue weighted by molar-refractivity contribution is -0.114. The van der Waals surface area contributed by atoms with E-state index in [0.717, 1.165) is 12.8 Å². The van der Waals surface area contributed by atoms with Gasteiger partial charge in [-0.15, -0.1) is 11.3 Å². The number of likely N-dealkylation sites (tertiary alicyclic amines) is 1. The van der Waals surface area contributed by atoms with Gasteiger partial charge in [-0.25, -0.2) is 4.98 Å². The number of hydrogen-bond donors (Lipinski definition) is 2. The zero-order valence-electron chi connectivity index (χ0n) is 10.0. The standard InChI is InChI=1S/C11H15N3O3S/c1-7(15)12-11-13-9(6-18-11)10(17)14-4-2-3-8(16)5-14/h6,8,16H,2-5H2,1H3,(H,12,13,15)/t8-/m0/s1. The largest absolute Gasteiger partial charge is 0.391 e. The number of aliphatic hydroxyl groups is 1. The van der Waals surface area contributed by atoms with E-state index in [9.17, 15) is 14.7 Å². The first-order chi connectivity index (χ1) is 8.56. The van der Waals surface area contributed by atoms with Crippen molar-refractivity contribution in [2.24, 2.45) is 0 Å². The number of nitrogens with one attached hydrogen (secondary N) is 1. The van der Waals surface area contributed by atoms with Crippen molar-refractivity contribution in [1.82, 2.24) is 9.88 Å². The number of hydrogen-bond acceptors (Lipinski definition) is 5. The number of thiazole rings is 1. The maximum absolute atomic E-state index is 12.1. The molecule has 6 nitrogen and oxygen atoms in total. The Hall–Kier alpha value is -1.47. The summed E-state index contributed by atoms with van der Waals surface area (Å²) in [5.41, 5.74) is 0.317. The van der Waals surface area contributed by atoms with Crippen molar-refractivity contribution in [2.75, 3.05) is 18.4 Å². The predicted octanol–water partition coefficient (Wildman–Crippen LogP) is 0.698. The fourth-order valence-electron chi connectivity index (χ4n) is 1.88. The number of amides is 2. The van der Waals surface area contributed by atoms with Gasteiger partial charge in [-0.1, -0.05) is 0 Å². The molecular formula is C11H15N3O3S. The van der Waals surface area contributed by atoms with Crippen molar-refractivity contribution in [3.63, 3.8) is 0 Å². The minimum Gasteiger partial charge on any atom is -0.391 e. The molecule has 1 fully saturated rings. The molecule has 98 valence electrons. The van der Waals surface area contributed by atoms with Gasteiger partial charge in [0, 0.05) is 25.4 Å². The summed E-state index contributed by atoms with van der Waals surface area (Å²) < 4.78 is 0. The van der Waals surface area contributed by atoms with Gasteiger partial charge >= 0.3 is 0 Å². The maximum Gasteiger partial charge on any atom is 0.273 e. The lowest BCUT2D eigenvalue weighted by atomic mass is 10.1. The molecule has 0 unspecified atom stereocenters. The highest BCUT2D eigenvalue weighted by Crippen LogP contribution is 2.18. The van der Waals surface area contributed by atoms with E-state index in [1.54, 1.807) is 10.3 Å². The van der Waals surface area contributed by atoms with Crippen LogP contribution in [-0.4, -0.2) is 46.0 Å². The Morgan fingerprint density at radius 2 is 2.39 bits per heavy atom. The molecule has 7 heteroatoms. The predicted molar refractivity (Wildman–Crippen MR) is 67.6 cm³/mol. The Labute approximate surface area is 109 Å². The minimum atomic E-state index is -0.448. The topological polar surface area (TPSA) is 82.5 Å². The molecular weight excluding hydrogens is 254 g/mol. The number of β-amino-alcohol motifs (C(OH)–C–C–N with tert-alkyl or cyclic N) is 1. The summed E-state index contributed by atoms with van der Waals surface area (Å²) in [4.78, 5) is 28.6. The van der Waals surface area contributed by atoms with Crippen molar-refractivity contribution < 1.29 is 14.7 Å². The van der Waals surface area contributed by atoms with E-state index in [4.69, 9.17) is 0 Å². The van der Waals surface area contributed by atoms with E-state index in [-0.39, 0.29) is 11.8 Å². The average molecular weight is 269 g/mol. The van der Waals surface area contributed by atoms with Gasteiger partial charge in [0.25, 0.3) is 5.91 Å². The Balaban J connectivity index is 2.04. The number of aromatic nitrogens is 1. The molecule has 1 aromatic heterocycles. The van der Waals surface area contributed by atoms with Crippen LogP contribution in [0.5, 0.6) is 0 Å². The summed E-state index contributed by atoms with van der Waals surface area (Å²) in [6, 6.07) is 0. The number of carbonyl (C=O) groups excluding carboxylic acids is 2. The van der Waals surface area contributed by atoms with Gasteiger partial charge in [0.05, 0.1) is 6.10 Å². The molecule has 0 saturated carbocycles. The van der Waals surface area contributed by atoms with E-state index >= 15 is 0 Å². The monoisotopic (exact) mass is 269 g/mol. The van der Waals surface area contributed by atoms with Crippen molar-refractivity contribution in [2.45, 2.75) is 25.9 Å². The van der Waals surface area contributed by atoms with Crippen LogP contribution in [0.15, 0.2) is 5.38 Å². The van der Waals surface area contributed by atoms with Crippen molar-refractivity contribution >= 4 is 28.3 Å². The molecule has 1 aliphatic heterocycles. The van der Waals surface area contributed by atoms with Crippen LogP contribution in [0.1, 0.15) is 30.3 Å². The third-order valence-electron chi connectivity index (χ3n) is 2.69. The second-order valence-corrected chi connectivity index (χ2v) is 5.12. The van der Waals surface area contributed by atoms with Gasteiger partial charge in [0.15, 0.2) is 5.13 Å². The SMILES string of the molecule is CC(=O)Nc1nc(C(=O)N2CCC[C@H](O)C2)cs1. The molecule has 1 saturated heterocycles. The quantitative estimate of drug-likeness (QED) is 0.828. The molecule has 2 N–H and O–H groups in total. The first-order valence-corrected chi connectivity index (χ1v) is 6.64. The van der Waals surface area contributed by atoms with E-state index in [1.807, 2.05) is 0 Å². The summed E-state index contributed by atoms with van der Waals surface area (Å²) in [5, 5.41) is 14.1. The molecule has 0 aromatic carbocycles. The van der Waals surface area contributed by atoms with E-state index in [2.05, 4.69) is 10.3 Å². The van der Waals surface area contributed by atoms with Crippen LogP contribution >= 0.6 is 11.3 Å².